The van der Waals surface area contributed by atoms with Crippen LogP contribution < -0.4 is 10.0 Å². The van der Waals surface area contributed by atoms with E-state index in [0.717, 1.165) is 0 Å². The first-order chi connectivity index (χ1) is 11.2. The van der Waals surface area contributed by atoms with Crippen LogP contribution in [0.5, 0.6) is 0 Å². The zero-order chi connectivity index (χ0) is 17.9. The Hall–Kier alpha value is -1.61. The van der Waals surface area contributed by atoms with Crippen LogP contribution in [0.2, 0.25) is 10.0 Å². The van der Waals surface area contributed by atoms with E-state index in [1.165, 1.54) is 19.9 Å². The van der Waals surface area contributed by atoms with E-state index in [4.69, 9.17) is 27.7 Å². The van der Waals surface area contributed by atoms with Crippen molar-refractivity contribution in [2.24, 2.45) is 0 Å². The van der Waals surface area contributed by atoms with Crippen LogP contribution >= 0.6 is 23.2 Å². The molecule has 0 radical (unpaired) electrons. The van der Waals surface area contributed by atoms with E-state index in [1.54, 1.807) is 12.1 Å². The molecule has 1 amide bonds. The molecule has 2 rings (SSSR count). The van der Waals surface area contributed by atoms with E-state index in [9.17, 15) is 13.2 Å². The fourth-order valence-electron chi connectivity index (χ4n) is 2.03. The minimum absolute atomic E-state index is 0.0105. The van der Waals surface area contributed by atoms with Crippen LogP contribution in [0.25, 0.3) is 0 Å². The third-order valence-electron chi connectivity index (χ3n) is 3.09. The minimum atomic E-state index is -3.79. The number of nitrogens with zero attached hydrogens (tertiary/aromatic N) is 1. The van der Waals surface area contributed by atoms with Gasteiger partial charge in [-0.15, -0.1) is 0 Å². The molecule has 0 aliphatic rings. The Kier molecular flexibility index (Phi) is 5.87. The molecule has 0 unspecified atom stereocenters. The van der Waals surface area contributed by atoms with Crippen LogP contribution in [0, 0.1) is 13.8 Å². The molecule has 1 aromatic heterocycles. The molecule has 1 heterocycles. The zero-order valence-corrected chi connectivity index (χ0v) is 15.2. The summed E-state index contributed by atoms with van der Waals surface area (Å²) in [4.78, 5) is 11.9. The normalized spacial score (nSPS) is 11.5. The van der Waals surface area contributed by atoms with Crippen LogP contribution in [-0.4, -0.2) is 26.0 Å². The van der Waals surface area contributed by atoms with Crippen LogP contribution in [0.4, 0.5) is 5.69 Å². The third-order valence-corrected chi connectivity index (χ3v) is 5.34. The van der Waals surface area contributed by atoms with E-state index in [2.05, 4.69) is 15.2 Å². The largest absolute Gasteiger partial charge is 0.360 e. The lowest BCUT2D eigenvalue weighted by molar-refractivity contribution is -0.116. The SMILES string of the molecule is Cc1noc(C)c1S(=O)(=O)NCCC(=O)Nc1ccc(Cl)cc1Cl. The highest BCUT2D eigenvalue weighted by Crippen LogP contribution is 2.25. The van der Waals surface area contributed by atoms with Crippen molar-refractivity contribution in [3.8, 4) is 0 Å². The molecule has 24 heavy (non-hydrogen) atoms. The van der Waals surface area contributed by atoms with Gasteiger partial charge in [0.15, 0.2) is 5.76 Å². The second-order valence-electron chi connectivity index (χ2n) is 4.97. The highest BCUT2D eigenvalue weighted by atomic mass is 35.5. The predicted octanol–water partition coefficient (Wildman–Crippen LogP) is 2.91. The van der Waals surface area contributed by atoms with E-state index >= 15 is 0 Å². The van der Waals surface area contributed by atoms with Crippen molar-refractivity contribution in [1.82, 2.24) is 9.88 Å². The molecule has 0 atom stereocenters. The lowest BCUT2D eigenvalue weighted by atomic mass is 10.3. The predicted molar refractivity (Wildman–Crippen MR) is 90.9 cm³/mol. The molecule has 0 bridgehead atoms. The van der Waals surface area contributed by atoms with Crippen molar-refractivity contribution in [3.05, 3.63) is 39.7 Å². The molecule has 1 aromatic carbocycles. The molecule has 10 heteroatoms. The first kappa shape index (κ1) is 18.7. The topological polar surface area (TPSA) is 101 Å². The Morgan fingerprint density at radius 1 is 1.29 bits per heavy atom. The van der Waals surface area contributed by atoms with Gasteiger partial charge in [0, 0.05) is 18.0 Å². The summed E-state index contributed by atoms with van der Waals surface area (Å²) in [6.45, 7) is 2.95. The minimum Gasteiger partial charge on any atom is -0.360 e. The quantitative estimate of drug-likeness (QED) is 0.787. The van der Waals surface area contributed by atoms with Gasteiger partial charge in [-0.05, 0) is 32.0 Å². The fourth-order valence-corrected chi connectivity index (χ4v) is 3.85. The number of halogens is 2. The number of carbonyl (C=O) groups excluding carboxylic acids is 1. The fraction of sp³-hybridized carbons (Fsp3) is 0.286. The molecule has 2 N–H and O–H groups in total. The van der Waals surface area contributed by atoms with Gasteiger partial charge in [0.25, 0.3) is 0 Å². The van der Waals surface area contributed by atoms with Gasteiger partial charge in [-0.2, -0.15) is 0 Å². The lowest BCUT2D eigenvalue weighted by Crippen LogP contribution is -2.28. The molecule has 130 valence electrons. The van der Waals surface area contributed by atoms with Gasteiger partial charge in [0.2, 0.25) is 15.9 Å². The highest BCUT2D eigenvalue weighted by molar-refractivity contribution is 7.89. The van der Waals surface area contributed by atoms with Gasteiger partial charge in [-0.25, -0.2) is 13.1 Å². The van der Waals surface area contributed by atoms with Gasteiger partial charge in [-0.3, -0.25) is 4.79 Å². The number of nitrogens with one attached hydrogen (secondary N) is 2. The van der Waals surface area contributed by atoms with Crippen molar-refractivity contribution in [2.75, 3.05) is 11.9 Å². The van der Waals surface area contributed by atoms with Crippen molar-refractivity contribution < 1.29 is 17.7 Å². The standard InChI is InChI=1S/C14H15Cl2N3O4S/c1-8-14(9(2)23-19-8)24(21,22)17-6-5-13(20)18-12-4-3-10(15)7-11(12)16/h3-4,7,17H,5-6H2,1-2H3,(H,18,20). The number of aryl methyl sites for hydroxylation is 2. The lowest BCUT2D eigenvalue weighted by Gasteiger charge is -2.08. The maximum atomic E-state index is 12.2. The molecule has 0 spiro atoms. The highest BCUT2D eigenvalue weighted by Gasteiger charge is 2.23. The molecule has 0 saturated carbocycles. The summed E-state index contributed by atoms with van der Waals surface area (Å²) in [7, 11) is -3.79. The Morgan fingerprint density at radius 2 is 2.00 bits per heavy atom. The van der Waals surface area contributed by atoms with Gasteiger partial charge in [0.05, 0.1) is 10.7 Å². The smallest absolute Gasteiger partial charge is 0.245 e. The van der Waals surface area contributed by atoms with E-state index in [-0.39, 0.29) is 35.2 Å². The Bertz CT molecular complexity index is 845. The summed E-state index contributed by atoms with van der Waals surface area (Å²) < 4.78 is 31.6. The summed E-state index contributed by atoms with van der Waals surface area (Å²) in [5.74, 6) is -0.196. The summed E-state index contributed by atoms with van der Waals surface area (Å²) in [5, 5.41) is 6.93. The number of anilines is 1. The van der Waals surface area contributed by atoms with Gasteiger partial charge in [-0.1, -0.05) is 28.4 Å². The number of sulfonamides is 1. The Morgan fingerprint density at radius 3 is 2.58 bits per heavy atom. The number of benzene rings is 1. The van der Waals surface area contributed by atoms with Crippen molar-refractivity contribution >= 4 is 44.8 Å². The molecule has 0 aliphatic heterocycles. The van der Waals surface area contributed by atoms with Crippen LogP contribution in [-0.2, 0) is 14.8 Å². The number of aromatic nitrogens is 1. The van der Waals surface area contributed by atoms with E-state index < -0.39 is 10.0 Å². The molecular weight excluding hydrogens is 377 g/mol. The van der Waals surface area contributed by atoms with Gasteiger partial charge < -0.3 is 9.84 Å². The first-order valence-electron chi connectivity index (χ1n) is 6.88. The second-order valence-corrected chi connectivity index (χ2v) is 7.52. The molecule has 0 fully saturated rings. The molecule has 0 aliphatic carbocycles. The van der Waals surface area contributed by atoms with Crippen molar-refractivity contribution in [2.45, 2.75) is 25.2 Å². The summed E-state index contributed by atoms with van der Waals surface area (Å²) in [5.41, 5.74) is 0.664. The van der Waals surface area contributed by atoms with Crippen LogP contribution in [0.3, 0.4) is 0 Å². The molecule has 0 saturated heterocycles. The molecule has 7 nitrogen and oxygen atoms in total. The summed E-state index contributed by atoms with van der Waals surface area (Å²) in [6, 6.07) is 4.65. The molecular formula is C14H15Cl2N3O4S. The van der Waals surface area contributed by atoms with Crippen LogP contribution in [0.1, 0.15) is 17.9 Å². The number of rotatable bonds is 6. The van der Waals surface area contributed by atoms with E-state index in [0.29, 0.717) is 15.7 Å². The molecule has 2 aromatic rings. The zero-order valence-electron chi connectivity index (χ0n) is 12.9. The first-order valence-corrected chi connectivity index (χ1v) is 9.12. The summed E-state index contributed by atoms with van der Waals surface area (Å²) >= 11 is 11.7. The Labute approximate surface area is 149 Å². The Balaban J connectivity index is 1.93. The van der Waals surface area contributed by atoms with Crippen molar-refractivity contribution in [3.63, 3.8) is 0 Å². The monoisotopic (exact) mass is 391 g/mol. The number of carbonyl (C=O) groups is 1. The third kappa shape index (κ3) is 4.47. The average molecular weight is 392 g/mol. The number of amides is 1. The number of hydrogen-bond acceptors (Lipinski definition) is 5. The number of hydrogen-bond donors (Lipinski definition) is 2. The maximum absolute atomic E-state index is 12.2. The van der Waals surface area contributed by atoms with Gasteiger partial charge >= 0.3 is 0 Å². The van der Waals surface area contributed by atoms with Crippen molar-refractivity contribution in [1.29, 1.82) is 0 Å². The average Bonchev–Trinajstić information content (AvgIpc) is 2.81. The van der Waals surface area contributed by atoms with E-state index in [1.807, 2.05) is 0 Å². The summed E-state index contributed by atoms with van der Waals surface area (Å²) in [6.07, 6.45) is -0.0679. The van der Waals surface area contributed by atoms with Crippen LogP contribution in [0.15, 0.2) is 27.6 Å². The second kappa shape index (κ2) is 7.52. The van der Waals surface area contributed by atoms with Gasteiger partial charge in [0.1, 0.15) is 10.6 Å². The maximum Gasteiger partial charge on any atom is 0.245 e.